The number of carbonyl (C=O) groups is 1. The lowest BCUT2D eigenvalue weighted by atomic mass is 9.93. The third-order valence-electron chi connectivity index (χ3n) is 6.15. The number of hydrogen-bond donors (Lipinski definition) is 1. The molecule has 29 heavy (non-hydrogen) atoms. The van der Waals surface area contributed by atoms with Gasteiger partial charge in [0.2, 0.25) is 15.9 Å². The number of amides is 1. The Bertz CT molecular complexity index is 786. The molecule has 0 saturated carbocycles. The lowest BCUT2D eigenvalue weighted by molar-refractivity contribution is -0.126. The maximum absolute atomic E-state index is 12.7. The Kier molecular flexibility index (Phi) is 7.96. The first-order chi connectivity index (χ1) is 13.8. The molecule has 162 valence electrons. The van der Waals surface area contributed by atoms with Gasteiger partial charge in [0.1, 0.15) is 0 Å². The van der Waals surface area contributed by atoms with Crippen molar-refractivity contribution < 1.29 is 13.2 Å². The van der Waals surface area contributed by atoms with Crippen molar-refractivity contribution >= 4 is 27.5 Å². The first-order valence-corrected chi connectivity index (χ1v) is 12.5. The van der Waals surface area contributed by atoms with E-state index in [1.54, 1.807) is 24.3 Å². The molecule has 0 spiro atoms. The Morgan fingerprint density at radius 2 is 1.83 bits per heavy atom. The van der Waals surface area contributed by atoms with Gasteiger partial charge in [0.05, 0.1) is 5.75 Å². The Balaban J connectivity index is 1.40. The van der Waals surface area contributed by atoms with E-state index in [4.69, 9.17) is 11.6 Å². The third-order valence-corrected chi connectivity index (χ3v) is 8.23. The summed E-state index contributed by atoms with van der Waals surface area (Å²) in [6, 6.07) is 6.95. The second kappa shape index (κ2) is 10.2. The molecule has 1 amide bonds. The van der Waals surface area contributed by atoms with Gasteiger partial charge in [0, 0.05) is 30.6 Å². The fourth-order valence-electron chi connectivity index (χ4n) is 4.22. The van der Waals surface area contributed by atoms with Crippen molar-refractivity contribution in [3.63, 3.8) is 0 Å². The van der Waals surface area contributed by atoms with E-state index in [0.717, 1.165) is 26.1 Å². The van der Waals surface area contributed by atoms with E-state index < -0.39 is 10.0 Å². The van der Waals surface area contributed by atoms with Crippen LogP contribution in [0.4, 0.5) is 0 Å². The molecule has 3 rings (SSSR count). The van der Waals surface area contributed by atoms with Gasteiger partial charge in [-0.1, -0.05) is 23.7 Å². The molecule has 1 aromatic rings. The van der Waals surface area contributed by atoms with E-state index in [-0.39, 0.29) is 17.6 Å². The minimum absolute atomic E-state index is 0.0546. The summed E-state index contributed by atoms with van der Waals surface area (Å²) in [6.07, 6.45) is 4.60. The van der Waals surface area contributed by atoms with Gasteiger partial charge in [-0.2, -0.15) is 0 Å². The lowest BCUT2D eigenvalue weighted by Gasteiger charge is -2.31. The second-order valence-electron chi connectivity index (χ2n) is 8.39. The Morgan fingerprint density at radius 3 is 2.48 bits per heavy atom. The summed E-state index contributed by atoms with van der Waals surface area (Å²) in [5.74, 6) is 0.626. The number of nitrogens with one attached hydrogen (secondary N) is 1. The van der Waals surface area contributed by atoms with Gasteiger partial charge in [-0.05, 0) is 75.9 Å². The molecule has 0 aromatic heterocycles. The normalized spacial score (nSPS) is 20.6. The summed E-state index contributed by atoms with van der Waals surface area (Å²) in [6.45, 7) is 3.80. The van der Waals surface area contributed by atoms with Crippen molar-refractivity contribution in [3.05, 3.63) is 34.9 Å². The van der Waals surface area contributed by atoms with Gasteiger partial charge in [0.15, 0.2) is 0 Å². The predicted molar refractivity (Wildman–Crippen MR) is 116 cm³/mol. The van der Waals surface area contributed by atoms with Crippen molar-refractivity contribution in [2.24, 2.45) is 11.8 Å². The molecule has 2 fully saturated rings. The summed E-state index contributed by atoms with van der Waals surface area (Å²) in [5, 5.41) is 3.61. The van der Waals surface area contributed by atoms with Crippen LogP contribution in [0.5, 0.6) is 0 Å². The molecule has 2 saturated heterocycles. The fraction of sp³-hybridized carbons (Fsp3) is 0.667. The molecule has 1 N–H and O–H groups in total. The molecule has 2 aliphatic rings. The SMILES string of the molecule is CN1CCC(CCNC(=O)C2CCN(S(=O)(=O)Cc3cccc(Cl)c3)CC2)CC1. The van der Waals surface area contributed by atoms with Crippen LogP contribution in [0.15, 0.2) is 24.3 Å². The van der Waals surface area contributed by atoms with Crippen molar-refractivity contribution in [2.75, 3.05) is 39.8 Å². The van der Waals surface area contributed by atoms with Crippen LogP contribution in [-0.2, 0) is 20.6 Å². The number of piperidine rings is 2. The van der Waals surface area contributed by atoms with E-state index in [1.807, 2.05) is 0 Å². The predicted octanol–water partition coefficient (Wildman–Crippen LogP) is 2.73. The Labute approximate surface area is 179 Å². The van der Waals surface area contributed by atoms with Crippen LogP contribution in [0.3, 0.4) is 0 Å². The lowest BCUT2D eigenvalue weighted by Crippen LogP contribution is -2.43. The van der Waals surface area contributed by atoms with E-state index >= 15 is 0 Å². The zero-order chi connectivity index (χ0) is 20.9. The fourth-order valence-corrected chi connectivity index (χ4v) is 5.98. The highest BCUT2D eigenvalue weighted by atomic mass is 35.5. The molecular weight excluding hydrogens is 410 g/mol. The van der Waals surface area contributed by atoms with Crippen LogP contribution in [0, 0.1) is 11.8 Å². The van der Waals surface area contributed by atoms with Gasteiger partial charge >= 0.3 is 0 Å². The van der Waals surface area contributed by atoms with Crippen molar-refractivity contribution in [1.82, 2.24) is 14.5 Å². The van der Waals surface area contributed by atoms with Gasteiger partial charge in [-0.25, -0.2) is 12.7 Å². The maximum Gasteiger partial charge on any atom is 0.223 e. The Morgan fingerprint density at radius 1 is 1.14 bits per heavy atom. The minimum atomic E-state index is -3.40. The standard InChI is InChI=1S/C21H32ClN3O3S/c1-24-11-6-17(7-12-24)5-10-23-21(26)19-8-13-25(14-9-19)29(27,28)16-18-3-2-4-20(22)15-18/h2-4,15,17,19H,5-14,16H2,1H3,(H,23,26). The largest absolute Gasteiger partial charge is 0.356 e. The number of sulfonamides is 1. The van der Waals surface area contributed by atoms with Gasteiger partial charge in [-0.3, -0.25) is 4.79 Å². The highest BCUT2D eigenvalue weighted by Gasteiger charge is 2.31. The molecule has 1 aromatic carbocycles. The monoisotopic (exact) mass is 441 g/mol. The minimum Gasteiger partial charge on any atom is -0.356 e. The van der Waals surface area contributed by atoms with Crippen LogP contribution < -0.4 is 5.32 Å². The van der Waals surface area contributed by atoms with Crippen LogP contribution >= 0.6 is 11.6 Å². The van der Waals surface area contributed by atoms with Gasteiger partial charge in [0.25, 0.3) is 0 Å². The summed E-state index contributed by atoms with van der Waals surface area (Å²) in [7, 11) is -1.25. The quantitative estimate of drug-likeness (QED) is 0.706. The summed E-state index contributed by atoms with van der Waals surface area (Å²) < 4.78 is 26.9. The first-order valence-electron chi connectivity index (χ1n) is 10.5. The number of carbonyl (C=O) groups excluding carboxylic acids is 1. The van der Waals surface area contributed by atoms with E-state index in [0.29, 0.717) is 42.4 Å². The molecule has 0 radical (unpaired) electrons. The molecule has 0 bridgehead atoms. The summed E-state index contributed by atoms with van der Waals surface area (Å²) in [4.78, 5) is 14.8. The second-order valence-corrected chi connectivity index (χ2v) is 10.8. The molecule has 6 nitrogen and oxygen atoms in total. The van der Waals surface area contributed by atoms with Crippen molar-refractivity contribution in [2.45, 2.75) is 37.9 Å². The van der Waals surface area contributed by atoms with Crippen molar-refractivity contribution in [1.29, 1.82) is 0 Å². The first kappa shape index (κ1) is 22.5. The van der Waals surface area contributed by atoms with Crippen LogP contribution in [0.2, 0.25) is 5.02 Å². The molecule has 8 heteroatoms. The number of nitrogens with zero attached hydrogens (tertiary/aromatic N) is 2. The molecule has 0 atom stereocenters. The molecule has 0 aliphatic carbocycles. The topological polar surface area (TPSA) is 69.7 Å². The smallest absolute Gasteiger partial charge is 0.223 e. The van der Waals surface area contributed by atoms with Crippen LogP contribution in [0.25, 0.3) is 0 Å². The van der Waals surface area contributed by atoms with Gasteiger partial charge < -0.3 is 10.2 Å². The molecule has 0 unspecified atom stereocenters. The van der Waals surface area contributed by atoms with E-state index in [2.05, 4.69) is 17.3 Å². The van der Waals surface area contributed by atoms with Crippen LogP contribution in [-0.4, -0.2) is 63.3 Å². The van der Waals surface area contributed by atoms with E-state index in [1.165, 1.54) is 17.1 Å². The summed E-state index contributed by atoms with van der Waals surface area (Å²) >= 11 is 5.96. The van der Waals surface area contributed by atoms with Gasteiger partial charge in [-0.15, -0.1) is 0 Å². The van der Waals surface area contributed by atoms with Crippen molar-refractivity contribution in [3.8, 4) is 0 Å². The highest BCUT2D eigenvalue weighted by molar-refractivity contribution is 7.88. The molecule has 2 aliphatic heterocycles. The summed E-state index contributed by atoms with van der Waals surface area (Å²) in [5.41, 5.74) is 0.686. The molecular formula is C21H32ClN3O3S. The van der Waals surface area contributed by atoms with E-state index in [9.17, 15) is 13.2 Å². The number of halogens is 1. The third kappa shape index (κ3) is 6.67. The average molecular weight is 442 g/mol. The zero-order valence-corrected chi connectivity index (χ0v) is 18.7. The number of hydrogen-bond acceptors (Lipinski definition) is 4. The Hall–Kier alpha value is -1.15. The van der Waals surface area contributed by atoms with Crippen LogP contribution in [0.1, 0.15) is 37.7 Å². The maximum atomic E-state index is 12.7. The number of rotatable bonds is 7. The number of likely N-dealkylation sites (tertiary alicyclic amines) is 1. The number of benzene rings is 1. The highest BCUT2D eigenvalue weighted by Crippen LogP contribution is 2.23. The average Bonchev–Trinajstić information content (AvgIpc) is 2.69. The molecule has 2 heterocycles. The zero-order valence-electron chi connectivity index (χ0n) is 17.1.